The fraction of sp³-hybridized carbons (Fsp3) is 0.600. The zero-order chi connectivity index (χ0) is 12.4. The SMILES string of the molecule is Fc1ccc(N2CCCCC2)c(CNC2CC2)c1. The highest BCUT2D eigenvalue weighted by atomic mass is 19.1. The van der Waals surface area contributed by atoms with E-state index in [0.717, 1.165) is 25.2 Å². The van der Waals surface area contributed by atoms with Gasteiger partial charge in [0.2, 0.25) is 0 Å². The normalized spacial score (nSPS) is 20.2. The van der Waals surface area contributed by atoms with Gasteiger partial charge < -0.3 is 10.2 Å². The molecule has 3 rings (SSSR count). The molecule has 0 aromatic heterocycles. The average molecular weight is 248 g/mol. The Hall–Kier alpha value is -1.09. The molecule has 0 unspecified atom stereocenters. The van der Waals surface area contributed by atoms with Gasteiger partial charge in [-0.15, -0.1) is 0 Å². The van der Waals surface area contributed by atoms with Crippen molar-refractivity contribution in [2.75, 3.05) is 18.0 Å². The lowest BCUT2D eigenvalue weighted by molar-refractivity contribution is 0.571. The van der Waals surface area contributed by atoms with Crippen LogP contribution in [0.15, 0.2) is 18.2 Å². The summed E-state index contributed by atoms with van der Waals surface area (Å²) in [5.41, 5.74) is 2.34. The second-order valence-corrected chi connectivity index (χ2v) is 5.48. The van der Waals surface area contributed by atoms with Crippen LogP contribution >= 0.6 is 0 Å². The van der Waals surface area contributed by atoms with E-state index in [1.807, 2.05) is 6.07 Å². The van der Waals surface area contributed by atoms with Crippen molar-refractivity contribution in [2.45, 2.75) is 44.7 Å². The molecule has 1 aliphatic carbocycles. The highest BCUT2D eigenvalue weighted by Gasteiger charge is 2.21. The smallest absolute Gasteiger partial charge is 0.123 e. The van der Waals surface area contributed by atoms with Crippen LogP contribution in [0.2, 0.25) is 0 Å². The first-order valence-corrected chi connectivity index (χ1v) is 7.10. The quantitative estimate of drug-likeness (QED) is 0.881. The third-order valence-corrected chi connectivity index (χ3v) is 3.90. The van der Waals surface area contributed by atoms with Gasteiger partial charge in [0.25, 0.3) is 0 Å². The summed E-state index contributed by atoms with van der Waals surface area (Å²) in [5, 5.41) is 3.49. The summed E-state index contributed by atoms with van der Waals surface area (Å²) in [6, 6.07) is 5.90. The van der Waals surface area contributed by atoms with Gasteiger partial charge >= 0.3 is 0 Å². The summed E-state index contributed by atoms with van der Waals surface area (Å²) in [7, 11) is 0. The number of anilines is 1. The Morgan fingerprint density at radius 3 is 2.67 bits per heavy atom. The average Bonchev–Trinajstić information content (AvgIpc) is 3.21. The van der Waals surface area contributed by atoms with Crippen molar-refractivity contribution in [3.63, 3.8) is 0 Å². The van der Waals surface area contributed by atoms with Gasteiger partial charge in [-0.1, -0.05) is 0 Å². The maximum atomic E-state index is 13.4. The van der Waals surface area contributed by atoms with E-state index >= 15 is 0 Å². The molecule has 1 saturated heterocycles. The highest BCUT2D eigenvalue weighted by molar-refractivity contribution is 5.54. The molecule has 2 nitrogen and oxygen atoms in total. The maximum Gasteiger partial charge on any atom is 0.123 e. The lowest BCUT2D eigenvalue weighted by Crippen LogP contribution is -2.31. The van der Waals surface area contributed by atoms with Crippen LogP contribution in [0.5, 0.6) is 0 Å². The zero-order valence-corrected chi connectivity index (χ0v) is 10.8. The van der Waals surface area contributed by atoms with E-state index in [1.165, 1.54) is 37.8 Å². The van der Waals surface area contributed by atoms with E-state index in [0.29, 0.717) is 6.04 Å². The van der Waals surface area contributed by atoms with E-state index in [4.69, 9.17) is 0 Å². The summed E-state index contributed by atoms with van der Waals surface area (Å²) in [6.07, 6.45) is 6.38. The van der Waals surface area contributed by atoms with E-state index in [2.05, 4.69) is 10.2 Å². The van der Waals surface area contributed by atoms with Crippen molar-refractivity contribution < 1.29 is 4.39 Å². The van der Waals surface area contributed by atoms with Crippen molar-refractivity contribution in [1.29, 1.82) is 0 Å². The number of hydrogen-bond donors (Lipinski definition) is 1. The second kappa shape index (κ2) is 5.27. The summed E-state index contributed by atoms with van der Waals surface area (Å²) < 4.78 is 13.4. The summed E-state index contributed by atoms with van der Waals surface area (Å²) in [6.45, 7) is 3.03. The van der Waals surface area contributed by atoms with Crippen LogP contribution in [-0.2, 0) is 6.54 Å². The van der Waals surface area contributed by atoms with Gasteiger partial charge in [-0.3, -0.25) is 0 Å². The first-order valence-electron chi connectivity index (χ1n) is 7.10. The van der Waals surface area contributed by atoms with Gasteiger partial charge in [-0.25, -0.2) is 4.39 Å². The van der Waals surface area contributed by atoms with E-state index < -0.39 is 0 Å². The van der Waals surface area contributed by atoms with Gasteiger partial charge in [0.05, 0.1) is 0 Å². The van der Waals surface area contributed by atoms with Crippen LogP contribution in [0.4, 0.5) is 10.1 Å². The molecule has 98 valence electrons. The van der Waals surface area contributed by atoms with Crippen molar-refractivity contribution in [1.82, 2.24) is 5.32 Å². The summed E-state index contributed by atoms with van der Waals surface area (Å²) in [5.74, 6) is -0.122. The number of hydrogen-bond acceptors (Lipinski definition) is 2. The van der Waals surface area contributed by atoms with Crippen LogP contribution in [0.1, 0.15) is 37.7 Å². The number of nitrogens with zero attached hydrogens (tertiary/aromatic N) is 1. The molecule has 0 atom stereocenters. The largest absolute Gasteiger partial charge is 0.371 e. The monoisotopic (exact) mass is 248 g/mol. The lowest BCUT2D eigenvalue weighted by atomic mass is 10.1. The minimum Gasteiger partial charge on any atom is -0.371 e. The van der Waals surface area contributed by atoms with E-state index in [-0.39, 0.29) is 5.82 Å². The molecule has 1 aliphatic heterocycles. The summed E-state index contributed by atoms with van der Waals surface area (Å²) in [4.78, 5) is 2.41. The van der Waals surface area contributed by atoms with Crippen LogP contribution < -0.4 is 10.2 Å². The highest BCUT2D eigenvalue weighted by Crippen LogP contribution is 2.26. The lowest BCUT2D eigenvalue weighted by Gasteiger charge is -2.30. The molecule has 1 N–H and O–H groups in total. The third kappa shape index (κ3) is 2.83. The predicted octanol–water partition coefficient (Wildman–Crippen LogP) is 3.07. The van der Waals surface area contributed by atoms with Crippen molar-refractivity contribution in [3.05, 3.63) is 29.6 Å². The standard InChI is InChI=1S/C15H21FN2/c16-13-4-7-15(18-8-2-1-3-9-18)12(10-13)11-17-14-5-6-14/h4,7,10,14,17H,1-3,5-6,8-9,11H2. The van der Waals surface area contributed by atoms with Crippen LogP contribution in [0.25, 0.3) is 0 Å². The molecular formula is C15H21FN2. The van der Waals surface area contributed by atoms with E-state index in [1.54, 1.807) is 12.1 Å². The minimum atomic E-state index is -0.122. The third-order valence-electron chi connectivity index (χ3n) is 3.90. The van der Waals surface area contributed by atoms with Crippen molar-refractivity contribution >= 4 is 5.69 Å². The van der Waals surface area contributed by atoms with E-state index in [9.17, 15) is 4.39 Å². The fourth-order valence-electron chi connectivity index (χ4n) is 2.68. The number of benzene rings is 1. The molecule has 1 aromatic carbocycles. The Morgan fingerprint density at radius 2 is 1.94 bits per heavy atom. The Morgan fingerprint density at radius 1 is 1.17 bits per heavy atom. The molecule has 0 spiro atoms. The first kappa shape index (κ1) is 12.0. The number of piperidine rings is 1. The molecule has 1 heterocycles. The Bertz CT molecular complexity index is 409. The van der Waals surface area contributed by atoms with Crippen molar-refractivity contribution in [3.8, 4) is 0 Å². The molecule has 2 aliphatic rings. The van der Waals surface area contributed by atoms with Crippen LogP contribution in [0.3, 0.4) is 0 Å². The van der Waals surface area contributed by atoms with Crippen LogP contribution in [0, 0.1) is 5.82 Å². The molecule has 2 fully saturated rings. The Kier molecular flexibility index (Phi) is 3.50. The van der Waals surface area contributed by atoms with Crippen LogP contribution in [-0.4, -0.2) is 19.1 Å². The van der Waals surface area contributed by atoms with Gasteiger partial charge in [-0.2, -0.15) is 0 Å². The molecule has 18 heavy (non-hydrogen) atoms. The topological polar surface area (TPSA) is 15.3 Å². The summed E-state index contributed by atoms with van der Waals surface area (Å²) >= 11 is 0. The van der Waals surface area contributed by atoms with Gasteiger partial charge in [0, 0.05) is 31.4 Å². The first-order chi connectivity index (χ1) is 8.83. The molecule has 0 radical (unpaired) electrons. The number of rotatable bonds is 4. The molecular weight excluding hydrogens is 227 g/mol. The Labute approximate surface area is 108 Å². The Balaban J connectivity index is 1.76. The second-order valence-electron chi connectivity index (χ2n) is 5.48. The molecule has 1 saturated carbocycles. The molecule has 0 bridgehead atoms. The maximum absolute atomic E-state index is 13.4. The van der Waals surface area contributed by atoms with Gasteiger partial charge in [0.1, 0.15) is 5.82 Å². The predicted molar refractivity (Wildman–Crippen MR) is 72.3 cm³/mol. The molecule has 1 aromatic rings. The number of halogens is 1. The number of nitrogens with one attached hydrogen (secondary N) is 1. The minimum absolute atomic E-state index is 0.122. The van der Waals surface area contributed by atoms with Gasteiger partial charge in [-0.05, 0) is 55.9 Å². The zero-order valence-electron chi connectivity index (χ0n) is 10.8. The fourth-order valence-corrected chi connectivity index (χ4v) is 2.68. The molecule has 0 amide bonds. The molecule has 3 heteroatoms. The van der Waals surface area contributed by atoms with Crippen molar-refractivity contribution in [2.24, 2.45) is 0 Å². The van der Waals surface area contributed by atoms with Gasteiger partial charge in [0.15, 0.2) is 0 Å².